The Bertz CT molecular complexity index is 1180. The smallest absolute Gasteiger partial charge is 0.336 e. The standard InChI is InChI=1S/C24H14O8/c25-21(26)17-9-18(22(27)28)14-6-2-11(1-5-13(14)17)12-3-7-15-16(8-4-12)20(24(31)32)10-19(15)23(29)30/h1-10H,(H,25,26)(H,27,28)(H,29,30)(H,31,32). The highest BCUT2D eigenvalue weighted by Gasteiger charge is 2.24. The van der Waals surface area contributed by atoms with E-state index in [0.29, 0.717) is 11.1 Å². The fraction of sp³-hybridized carbons (Fsp3) is 0. The first-order valence-electron chi connectivity index (χ1n) is 9.26. The van der Waals surface area contributed by atoms with Crippen LogP contribution in [0.1, 0.15) is 41.4 Å². The van der Waals surface area contributed by atoms with Gasteiger partial charge in [-0.15, -0.1) is 0 Å². The molecule has 32 heavy (non-hydrogen) atoms. The first kappa shape index (κ1) is 20.5. The maximum Gasteiger partial charge on any atom is 0.336 e. The largest absolute Gasteiger partial charge is 0.478 e. The number of hydrogen-bond acceptors (Lipinski definition) is 4. The average molecular weight is 430 g/mol. The van der Waals surface area contributed by atoms with Crippen LogP contribution in [-0.4, -0.2) is 44.3 Å². The summed E-state index contributed by atoms with van der Waals surface area (Å²) >= 11 is 0. The number of hydrogen-bond donors (Lipinski definition) is 4. The lowest BCUT2D eigenvalue weighted by molar-refractivity contribution is 0.0680. The zero-order valence-electron chi connectivity index (χ0n) is 16.2. The minimum absolute atomic E-state index is 0.130. The molecule has 0 aromatic heterocycles. The Morgan fingerprint density at radius 3 is 0.812 bits per heavy atom. The Morgan fingerprint density at radius 1 is 0.406 bits per heavy atom. The van der Waals surface area contributed by atoms with Crippen LogP contribution in [0.15, 0.2) is 60.7 Å². The van der Waals surface area contributed by atoms with E-state index in [-0.39, 0.29) is 44.5 Å². The molecule has 0 spiro atoms. The highest BCUT2D eigenvalue weighted by atomic mass is 16.4. The van der Waals surface area contributed by atoms with Gasteiger partial charge in [-0.25, -0.2) is 19.2 Å². The van der Waals surface area contributed by atoms with Crippen LogP contribution in [0, 0.1) is 0 Å². The van der Waals surface area contributed by atoms with Gasteiger partial charge >= 0.3 is 23.9 Å². The Balaban J connectivity index is 1.92. The number of fused-ring (bicyclic) bond motifs is 2. The molecule has 8 heteroatoms. The van der Waals surface area contributed by atoms with E-state index in [9.17, 15) is 39.6 Å². The Hall–Kier alpha value is -4.72. The second-order valence-electron chi connectivity index (χ2n) is 7.06. The maximum atomic E-state index is 11.5. The molecule has 0 heterocycles. The molecular formula is C24H14O8. The summed E-state index contributed by atoms with van der Waals surface area (Å²) < 4.78 is 0. The monoisotopic (exact) mass is 430 g/mol. The van der Waals surface area contributed by atoms with Gasteiger partial charge in [0.2, 0.25) is 0 Å². The number of aromatic carboxylic acids is 4. The fourth-order valence-corrected chi connectivity index (χ4v) is 3.79. The minimum atomic E-state index is -1.25. The lowest BCUT2D eigenvalue weighted by Gasteiger charge is -1.96. The average Bonchev–Trinajstić information content (AvgIpc) is 3.11. The molecule has 0 atom stereocenters. The van der Waals surface area contributed by atoms with Crippen LogP contribution in [-0.2, 0) is 0 Å². The number of carboxylic acids is 4. The fourth-order valence-electron chi connectivity index (χ4n) is 3.79. The first-order chi connectivity index (χ1) is 15.2. The van der Waals surface area contributed by atoms with Gasteiger partial charge in [-0.05, 0) is 45.5 Å². The van der Waals surface area contributed by atoms with Gasteiger partial charge < -0.3 is 20.4 Å². The molecule has 4 N–H and O–H groups in total. The van der Waals surface area contributed by atoms with Crippen LogP contribution in [0.25, 0.3) is 33.4 Å². The number of carbonyl (C=O) groups is 4. The highest BCUT2D eigenvalue weighted by Crippen LogP contribution is 2.36. The van der Waals surface area contributed by atoms with Crippen molar-refractivity contribution in [3.05, 3.63) is 82.9 Å². The van der Waals surface area contributed by atoms with E-state index in [0.717, 1.165) is 12.1 Å². The molecule has 158 valence electrons. The van der Waals surface area contributed by atoms with Crippen molar-refractivity contribution < 1.29 is 39.6 Å². The van der Waals surface area contributed by atoms with Gasteiger partial charge in [0.25, 0.3) is 0 Å². The maximum absolute atomic E-state index is 11.5. The molecule has 8 nitrogen and oxygen atoms in total. The van der Waals surface area contributed by atoms with Crippen molar-refractivity contribution in [2.75, 3.05) is 0 Å². The van der Waals surface area contributed by atoms with Crippen LogP contribution in [0.5, 0.6) is 0 Å². The van der Waals surface area contributed by atoms with Gasteiger partial charge in [0.1, 0.15) is 0 Å². The molecule has 0 amide bonds. The summed E-state index contributed by atoms with van der Waals surface area (Å²) in [5.41, 5.74) is 1.73. The molecule has 4 aliphatic rings. The van der Waals surface area contributed by atoms with Gasteiger partial charge in [-0.1, -0.05) is 48.5 Å². The molecule has 0 saturated carbocycles. The molecule has 0 aromatic carbocycles. The van der Waals surface area contributed by atoms with Crippen molar-refractivity contribution in [1.29, 1.82) is 0 Å². The summed E-state index contributed by atoms with van der Waals surface area (Å²) in [6.45, 7) is 0. The predicted octanol–water partition coefficient (Wildman–Crippen LogP) is 4.36. The summed E-state index contributed by atoms with van der Waals surface area (Å²) in [5, 5.41) is 37.7. The van der Waals surface area contributed by atoms with Crippen molar-refractivity contribution in [3.63, 3.8) is 0 Å². The third-order valence-corrected chi connectivity index (χ3v) is 5.29. The first-order valence-corrected chi connectivity index (χ1v) is 9.26. The summed E-state index contributed by atoms with van der Waals surface area (Å²) in [6.07, 6.45) is 0. The molecule has 4 aliphatic carbocycles. The van der Waals surface area contributed by atoms with Gasteiger partial charge in [0.05, 0.1) is 22.3 Å². The van der Waals surface area contributed by atoms with E-state index in [1.54, 1.807) is 24.3 Å². The normalized spacial score (nSPS) is 10.9. The van der Waals surface area contributed by atoms with Crippen molar-refractivity contribution in [2.24, 2.45) is 0 Å². The molecule has 4 rings (SSSR count). The Kier molecular flexibility index (Phi) is 4.82. The van der Waals surface area contributed by atoms with Gasteiger partial charge in [0.15, 0.2) is 0 Å². The third-order valence-electron chi connectivity index (χ3n) is 5.29. The topological polar surface area (TPSA) is 149 Å². The van der Waals surface area contributed by atoms with Gasteiger partial charge in [-0.3, -0.25) is 0 Å². The lowest BCUT2D eigenvalue weighted by atomic mass is 10.1. The van der Waals surface area contributed by atoms with E-state index >= 15 is 0 Å². The van der Waals surface area contributed by atoms with Crippen molar-refractivity contribution in [3.8, 4) is 33.4 Å². The molecule has 0 radical (unpaired) electrons. The molecule has 0 saturated heterocycles. The number of carboxylic acid groups (broad SMARTS) is 4. The predicted molar refractivity (Wildman–Crippen MR) is 113 cm³/mol. The van der Waals surface area contributed by atoms with Crippen molar-refractivity contribution in [2.45, 2.75) is 0 Å². The minimum Gasteiger partial charge on any atom is -0.478 e. The van der Waals surface area contributed by atoms with E-state index in [1.165, 1.54) is 24.3 Å². The molecule has 0 fully saturated rings. The second-order valence-corrected chi connectivity index (χ2v) is 7.06. The van der Waals surface area contributed by atoms with Crippen molar-refractivity contribution in [1.82, 2.24) is 0 Å². The molecule has 0 bridgehead atoms. The van der Waals surface area contributed by atoms with Crippen LogP contribution < -0.4 is 0 Å². The number of rotatable bonds is 5. The van der Waals surface area contributed by atoms with Crippen LogP contribution in [0.4, 0.5) is 0 Å². The van der Waals surface area contributed by atoms with Gasteiger partial charge in [-0.2, -0.15) is 0 Å². The van der Waals surface area contributed by atoms with Crippen molar-refractivity contribution >= 4 is 23.9 Å². The molecular weight excluding hydrogens is 416 g/mol. The van der Waals surface area contributed by atoms with Crippen LogP contribution >= 0.6 is 0 Å². The zero-order valence-corrected chi connectivity index (χ0v) is 16.2. The summed E-state index contributed by atoms with van der Waals surface area (Å²) in [7, 11) is 0. The third kappa shape index (κ3) is 3.29. The molecule has 0 unspecified atom stereocenters. The highest BCUT2D eigenvalue weighted by molar-refractivity contribution is 6.08. The molecule has 0 aliphatic heterocycles. The quantitative estimate of drug-likeness (QED) is 0.365. The zero-order chi connectivity index (χ0) is 23.2. The van der Waals surface area contributed by atoms with E-state index in [2.05, 4.69) is 0 Å². The summed E-state index contributed by atoms with van der Waals surface area (Å²) in [5.74, 6) is -4.99. The molecule has 0 aromatic rings. The summed E-state index contributed by atoms with van der Waals surface area (Å²) in [4.78, 5) is 46.2. The van der Waals surface area contributed by atoms with Crippen LogP contribution in [0.3, 0.4) is 0 Å². The SMILES string of the molecule is O=C(O)c1cc(C(=O)O)c2ccc(-c3ccc4c(C(=O)O)cc(C(=O)O)c-4cc3)ccc1-2. The van der Waals surface area contributed by atoms with E-state index in [4.69, 9.17) is 0 Å². The van der Waals surface area contributed by atoms with E-state index in [1.807, 2.05) is 0 Å². The Morgan fingerprint density at radius 2 is 0.625 bits per heavy atom. The van der Waals surface area contributed by atoms with E-state index < -0.39 is 23.9 Å². The van der Waals surface area contributed by atoms with Gasteiger partial charge in [0, 0.05) is 0 Å². The second kappa shape index (κ2) is 7.51. The lowest BCUT2D eigenvalue weighted by Crippen LogP contribution is -1.95. The Labute approximate surface area is 180 Å². The van der Waals surface area contributed by atoms with Crippen LogP contribution in [0.2, 0.25) is 0 Å². The summed E-state index contributed by atoms with van der Waals surface area (Å²) in [6, 6.07) is 14.8.